The van der Waals surface area contributed by atoms with Crippen LogP contribution in [0, 0.1) is 24.0 Å². The van der Waals surface area contributed by atoms with E-state index in [1.54, 1.807) is 23.6 Å². The van der Waals surface area contributed by atoms with Crippen LogP contribution in [0.4, 0.5) is 11.4 Å². The number of anilines is 1. The predicted octanol–water partition coefficient (Wildman–Crippen LogP) is 4.21. The van der Waals surface area contributed by atoms with Gasteiger partial charge in [-0.1, -0.05) is 36.0 Å². The first-order valence-corrected chi connectivity index (χ1v) is 11.8. The van der Waals surface area contributed by atoms with Crippen molar-refractivity contribution in [2.45, 2.75) is 38.5 Å². The van der Waals surface area contributed by atoms with E-state index in [4.69, 9.17) is 0 Å². The summed E-state index contributed by atoms with van der Waals surface area (Å²) in [6, 6.07) is 11.1. The Morgan fingerprint density at radius 1 is 1.20 bits per heavy atom. The van der Waals surface area contributed by atoms with Gasteiger partial charge in [0, 0.05) is 29.9 Å². The third-order valence-electron chi connectivity index (χ3n) is 5.21. The van der Waals surface area contributed by atoms with Gasteiger partial charge in [-0.3, -0.25) is 19.7 Å². The lowest BCUT2D eigenvalue weighted by atomic mass is 10.1. The number of hydrogen-bond acceptors (Lipinski definition) is 7. The fraction of sp³-hybridized carbons (Fsp3) is 0.250. The molecule has 0 spiro atoms. The number of amides is 2. The van der Waals surface area contributed by atoms with Crippen molar-refractivity contribution in [3.8, 4) is 0 Å². The first-order valence-electron chi connectivity index (χ1n) is 10.8. The van der Waals surface area contributed by atoms with E-state index in [-0.39, 0.29) is 23.3 Å². The van der Waals surface area contributed by atoms with Gasteiger partial charge in [0.2, 0.25) is 5.91 Å². The van der Waals surface area contributed by atoms with Crippen LogP contribution in [0.1, 0.15) is 40.3 Å². The molecule has 0 saturated heterocycles. The minimum atomic E-state index is -0.483. The topological polar surface area (TPSA) is 132 Å². The normalized spacial score (nSPS) is 11.5. The average molecular weight is 495 g/mol. The number of nitro benzene ring substituents is 1. The second kappa shape index (κ2) is 11.4. The highest BCUT2D eigenvalue weighted by Crippen LogP contribution is 2.24. The molecule has 10 nitrogen and oxygen atoms in total. The van der Waals surface area contributed by atoms with E-state index < -0.39 is 11.0 Å². The lowest BCUT2D eigenvalue weighted by molar-refractivity contribution is -0.384. The predicted molar refractivity (Wildman–Crippen MR) is 134 cm³/mol. The van der Waals surface area contributed by atoms with Gasteiger partial charge in [0.25, 0.3) is 11.6 Å². The molecule has 182 valence electrons. The third kappa shape index (κ3) is 6.33. The van der Waals surface area contributed by atoms with Crippen molar-refractivity contribution in [3.05, 3.63) is 87.7 Å². The van der Waals surface area contributed by atoms with Crippen LogP contribution >= 0.6 is 11.8 Å². The van der Waals surface area contributed by atoms with Crippen molar-refractivity contribution in [1.29, 1.82) is 0 Å². The highest BCUT2D eigenvalue weighted by molar-refractivity contribution is 7.99. The Hall–Kier alpha value is -3.99. The number of nitrogens with one attached hydrogen (secondary N) is 2. The van der Waals surface area contributed by atoms with Crippen LogP contribution in [0.25, 0.3) is 0 Å². The van der Waals surface area contributed by atoms with Gasteiger partial charge >= 0.3 is 0 Å². The van der Waals surface area contributed by atoms with Crippen molar-refractivity contribution in [1.82, 2.24) is 20.1 Å². The maximum Gasteiger partial charge on any atom is 0.269 e. The molecular weight excluding hydrogens is 468 g/mol. The van der Waals surface area contributed by atoms with Crippen LogP contribution in [-0.2, 0) is 11.3 Å². The molecule has 0 unspecified atom stereocenters. The molecule has 0 fully saturated rings. The number of non-ortho nitro benzene ring substituents is 1. The summed E-state index contributed by atoms with van der Waals surface area (Å²) in [4.78, 5) is 35.6. The summed E-state index contributed by atoms with van der Waals surface area (Å²) in [7, 11) is 0. The molecule has 0 radical (unpaired) electrons. The zero-order chi connectivity index (χ0) is 25.5. The Balaban J connectivity index is 1.67. The monoisotopic (exact) mass is 494 g/mol. The molecule has 11 heteroatoms. The number of aryl methyl sites for hydroxylation is 2. The molecule has 3 aromatic rings. The minimum absolute atomic E-state index is 0.0384. The Labute approximate surface area is 207 Å². The third-order valence-corrected chi connectivity index (χ3v) is 6.18. The molecule has 1 aromatic heterocycles. The van der Waals surface area contributed by atoms with Gasteiger partial charge in [-0.2, -0.15) is 0 Å². The zero-order valence-corrected chi connectivity index (χ0v) is 20.5. The van der Waals surface area contributed by atoms with Crippen molar-refractivity contribution < 1.29 is 14.5 Å². The highest BCUT2D eigenvalue weighted by Gasteiger charge is 2.21. The number of carbonyl (C=O) groups is 2. The van der Waals surface area contributed by atoms with E-state index in [0.717, 1.165) is 5.56 Å². The lowest BCUT2D eigenvalue weighted by Crippen LogP contribution is -2.29. The largest absolute Gasteiger partial charge is 0.342 e. The standard InChI is InChI=1S/C24H26N6O4S/c1-5-12-29-22(17(4)25-23(32)19-9-7-6-8-15(19)2)27-28-24(29)35-14-21(31)26-20-11-10-18(30(33)34)13-16(20)3/h5-11,13,17H,1,12,14H2,2-4H3,(H,25,32)(H,26,31)/t17-/m0/s1. The fourth-order valence-corrected chi connectivity index (χ4v) is 4.17. The van der Waals surface area contributed by atoms with Gasteiger partial charge in [-0.15, -0.1) is 16.8 Å². The molecule has 2 aromatic carbocycles. The number of nitrogens with zero attached hydrogens (tertiary/aromatic N) is 4. The molecule has 0 saturated carbocycles. The van der Waals surface area contributed by atoms with Crippen LogP contribution in [0.3, 0.4) is 0 Å². The fourth-order valence-electron chi connectivity index (χ4n) is 3.41. The van der Waals surface area contributed by atoms with Crippen molar-refractivity contribution in [3.63, 3.8) is 0 Å². The summed E-state index contributed by atoms with van der Waals surface area (Å²) >= 11 is 1.19. The van der Waals surface area contributed by atoms with Crippen LogP contribution in [-0.4, -0.2) is 37.3 Å². The number of rotatable bonds is 10. The van der Waals surface area contributed by atoms with Crippen LogP contribution in [0.15, 0.2) is 60.3 Å². The summed E-state index contributed by atoms with van der Waals surface area (Å²) in [5.74, 6) is 0.0923. The molecule has 2 amide bonds. The summed E-state index contributed by atoms with van der Waals surface area (Å²) in [6.45, 7) is 9.56. The van der Waals surface area contributed by atoms with Gasteiger partial charge in [0.1, 0.15) is 0 Å². The van der Waals surface area contributed by atoms with Crippen molar-refractivity contribution in [2.24, 2.45) is 0 Å². The number of benzene rings is 2. The van der Waals surface area contributed by atoms with Gasteiger partial charge in [-0.25, -0.2) is 0 Å². The number of hydrogen-bond donors (Lipinski definition) is 2. The summed E-state index contributed by atoms with van der Waals surface area (Å²) in [6.07, 6.45) is 1.69. The van der Waals surface area contributed by atoms with Crippen LogP contribution in [0.2, 0.25) is 0 Å². The molecule has 2 N–H and O–H groups in total. The molecule has 1 heterocycles. The van der Waals surface area contributed by atoms with Gasteiger partial charge in [0.15, 0.2) is 11.0 Å². The highest BCUT2D eigenvalue weighted by atomic mass is 32.2. The number of allylic oxidation sites excluding steroid dienone is 1. The summed E-state index contributed by atoms with van der Waals surface area (Å²) < 4.78 is 1.80. The number of nitro groups is 1. The second-order valence-corrected chi connectivity index (χ2v) is 8.79. The van der Waals surface area contributed by atoms with E-state index >= 15 is 0 Å². The lowest BCUT2D eigenvalue weighted by Gasteiger charge is -2.16. The maximum absolute atomic E-state index is 12.7. The van der Waals surface area contributed by atoms with E-state index in [9.17, 15) is 19.7 Å². The van der Waals surface area contributed by atoms with E-state index in [1.165, 1.54) is 30.0 Å². The minimum Gasteiger partial charge on any atom is -0.342 e. The SMILES string of the molecule is C=CCn1c(SCC(=O)Nc2ccc([N+](=O)[O-])cc2C)nnc1[C@H](C)NC(=O)c1ccccc1C. The molecule has 1 atom stereocenters. The molecule has 0 aliphatic heterocycles. The molecule has 35 heavy (non-hydrogen) atoms. The van der Waals surface area contributed by atoms with E-state index in [0.29, 0.717) is 34.3 Å². The molecule has 3 rings (SSSR count). The van der Waals surface area contributed by atoms with E-state index in [2.05, 4.69) is 27.4 Å². The van der Waals surface area contributed by atoms with E-state index in [1.807, 2.05) is 32.0 Å². The average Bonchev–Trinajstić information content (AvgIpc) is 3.22. The molecule has 0 aliphatic carbocycles. The Kier molecular flexibility index (Phi) is 8.37. The zero-order valence-electron chi connectivity index (χ0n) is 19.6. The Morgan fingerprint density at radius 3 is 2.60 bits per heavy atom. The van der Waals surface area contributed by atoms with Crippen molar-refractivity contribution in [2.75, 3.05) is 11.1 Å². The Bertz CT molecular complexity index is 1270. The number of aromatic nitrogens is 3. The molecule has 0 aliphatic rings. The molecular formula is C24H26N6O4S. The maximum atomic E-state index is 12.7. The first kappa shape index (κ1) is 25.6. The van der Waals surface area contributed by atoms with Gasteiger partial charge in [-0.05, 0) is 44.0 Å². The number of carbonyl (C=O) groups excluding carboxylic acids is 2. The van der Waals surface area contributed by atoms with Crippen LogP contribution < -0.4 is 10.6 Å². The van der Waals surface area contributed by atoms with Crippen LogP contribution in [0.5, 0.6) is 0 Å². The number of thioether (sulfide) groups is 1. The smallest absolute Gasteiger partial charge is 0.269 e. The molecule has 0 bridgehead atoms. The second-order valence-electron chi connectivity index (χ2n) is 7.84. The first-order chi connectivity index (χ1) is 16.7. The van der Waals surface area contributed by atoms with Crippen molar-refractivity contribution >= 4 is 35.0 Å². The van der Waals surface area contributed by atoms with Gasteiger partial charge < -0.3 is 15.2 Å². The van der Waals surface area contributed by atoms with Gasteiger partial charge in [0.05, 0.1) is 16.7 Å². The summed E-state index contributed by atoms with van der Waals surface area (Å²) in [5.41, 5.74) is 2.51. The quantitative estimate of drug-likeness (QED) is 0.187. The summed E-state index contributed by atoms with van der Waals surface area (Å²) in [5, 5.41) is 25.6. The Morgan fingerprint density at radius 2 is 1.94 bits per heavy atom.